The van der Waals surface area contributed by atoms with E-state index in [1.807, 2.05) is 0 Å². The van der Waals surface area contributed by atoms with Crippen LogP contribution < -0.4 is 9.62 Å². The van der Waals surface area contributed by atoms with E-state index in [2.05, 4.69) is 5.32 Å². The van der Waals surface area contributed by atoms with Crippen LogP contribution in [-0.2, 0) is 20.0 Å². The summed E-state index contributed by atoms with van der Waals surface area (Å²) in [6, 6.07) is 12.4. The number of nitrogens with zero attached hydrogens (tertiary/aromatic N) is 2. The van der Waals surface area contributed by atoms with Gasteiger partial charge < -0.3 is 5.32 Å². The SMILES string of the molecule is CCN(CC)S(=O)(=O)c1ccc(NC(=O)c2cccc(N3CCCS3(=O)=O)c2)cc1. The van der Waals surface area contributed by atoms with Gasteiger partial charge in [-0.3, -0.25) is 9.10 Å². The van der Waals surface area contributed by atoms with Crippen LogP contribution >= 0.6 is 0 Å². The predicted molar refractivity (Wildman–Crippen MR) is 117 cm³/mol. The van der Waals surface area contributed by atoms with Gasteiger partial charge in [-0.25, -0.2) is 16.8 Å². The van der Waals surface area contributed by atoms with Gasteiger partial charge in [-0.05, 0) is 48.9 Å². The Morgan fingerprint density at radius 1 is 1.10 bits per heavy atom. The quantitative estimate of drug-likeness (QED) is 0.697. The average molecular weight is 452 g/mol. The second-order valence-electron chi connectivity index (χ2n) is 6.86. The second-order valence-corrected chi connectivity index (χ2v) is 10.8. The molecule has 0 atom stereocenters. The molecule has 3 rings (SSSR count). The number of carbonyl (C=O) groups is 1. The van der Waals surface area contributed by atoms with Crippen LogP contribution in [0.3, 0.4) is 0 Å². The molecular weight excluding hydrogens is 426 g/mol. The van der Waals surface area contributed by atoms with E-state index in [9.17, 15) is 21.6 Å². The minimum Gasteiger partial charge on any atom is -0.322 e. The van der Waals surface area contributed by atoms with Gasteiger partial charge in [0.25, 0.3) is 5.91 Å². The maximum absolute atomic E-state index is 12.6. The molecule has 1 aliphatic rings. The highest BCUT2D eigenvalue weighted by atomic mass is 32.2. The van der Waals surface area contributed by atoms with Gasteiger partial charge in [-0.2, -0.15) is 4.31 Å². The summed E-state index contributed by atoms with van der Waals surface area (Å²) in [7, 11) is -6.90. The lowest BCUT2D eigenvalue weighted by molar-refractivity contribution is 0.102. The summed E-state index contributed by atoms with van der Waals surface area (Å²) in [5, 5.41) is 2.72. The van der Waals surface area contributed by atoms with E-state index in [1.54, 1.807) is 32.0 Å². The molecule has 0 unspecified atom stereocenters. The van der Waals surface area contributed by atoms with Crippen molar-refractivity contribution in [1.29, 1.82) is 0 Å². The summed E-state index contributed by atoms with van der Waals surface area (Å²) in [5.41, 5.74) is 1.22. The molecule has 10 heteroatoms. The molecule has 1 aliphatic heterocycles. The summed E-state index contributed by atoms with van der Waals surface area (Å²) < 4.78 is 52.0. The first-order valence-corrected chi connectivity index (χ1v) is 12.8. The number of benzene rings is 2. The maximum atomic E-state index is 12.6. The normalized spacial score (nSPS) is 16.0. The van der Waals surface area contributed by atoms with E-state index in [-0.39, 0.29) is 10.6 Å². The van der Waals surface area contributed by atoms with Crippen LogP contribution in [0.1, 0.15) is 30.6 Å². The molecule has 8 nitrogen and oxygen atoms in total. The molecule has 0 aliphatic carbocycles. The van der Waals surface area contributed by atoms with Crippen LogP contribution in [0, 0.1) is 0 Å². The van der Waals surface area contributed by atoms with E-state index in [1.165, 1.54) is 38.9 Å². The Balaban J connectivity index is 1.76. The van der Waals surface area contributed by atoms with E-state index in [0.717, 1.165) is 0 Å². The Bertz CT molecular complexity index is 1130. The molecule has 1 amide bonds. The lowest BCUT2D eigenvalue weighted by atomic mass is 10.2. The number of anilines is 2. The summed E-state index contributed by atoms with van der Waals surface area (Å²) in [6.07, 6.45) is 0.557. The third-order valence-electron chi connectivity index (χ3n) is 4.95. The van der Waals surface area contributed by atoms with Crippen LogP contribution in [0.4, 0.5) is 11.4 Å². The Kier molecular flexibility index (Phi) is 6.49. The van der Waals surface area contributed by atoms with Crippen LogP contribution in [-0.4, -0.2) is 52.4 Å². The molecule has 1 N–H and O–H groups in total. The van der Waals surface area contributed by atoms with Gasteiger partial charge in [-0.15, -0.1) is 0 Å². The fourth-order valence-electron chi connectivity index (χ4n) is 3.36. The van der Waals surface area contributed by atoms with E-state index >= 15 is 0 Å². The largest absolute Gasteiger partial charge is 0.322 e. The minimum atomic E-state index is -3.57. The Morgan fingerprint density at radius 3 is 2.33 bits per heavy atom. The average Bonchev–Trinajstić information content (AvgIpc) is 3.08. The molecule has 0 radical (unpaired) electrons. The molecule has 2 aromatic carbocycles. The summed E-state index contributed by atoms with van der Waals surface area (Å²) in [5.74, 6) is -0.306. The number of nitrogens with one attached hydrogen (secondary N) is 1. The predicted octanol–water partition coefficient (Wildman–Crippen LogP) is 2.51. The topological polar surface area (TPSA) is 104 Å². The molecule has 1 heterocycles. The molecule has 1 fully saturated rings. The molecule has 0 saturated carbocycles. The van der Waals surface area contributed by atoms with Crippen molar-refractivity contribution in [2.24, 2.45) is 0 Å². The molecule has 1 saturated heterocycles. The maximum Gasteiger partial charge on any atom is 0.255 e. The standard InChI is InChI=1S/C20H25N3O5S2/c1-3-22(4-2)30(27,28)19-11-9-17(10-12-19)21-20(24)16-7-5-8-18(15-16)23-13-6-14-29(23,25)26/h5,7-12,15H,3-4,6,13-14H2,1-2H3,(H,21,24). The summed E-state index contributed by atoms with van der Waals surface area (Å²) in [6.45, 7) is 4.70. The molecular formula is C20H25N3O5S2. The fourth-order valence-corrected chi connectivity index (χ4v) is 6.37. The first-order chi connectivity index (χ1) is 14.2. The van der Waals surface area contributed by atoms with Crippen LogP contribution in [0.25, 0.3) is 0 Å². The minimum absolute atomic E-state index is 0.103. The van der Waals surface area contributed by atoms with Gasteiger partial charge >= 0.3 is 0 Å². The highest BCUT2D eigenvalue weighted by Crippen LogP contribution is 2.25. The number of hydrogen-bond donors (Lipinski definition) is 1. The molecule has 0 aromatic heterocycles. The number of amides is 1. The second kappa shape index (κ2) is 8.75. The van der Waals surface area contributed by atoms with Crippen molar-refractivity contribution < 1.29 is 21.6 Å². The van der Waals surface area contributed by atoms with Crippen molar-refractivity contribution >= 4 is 37.3 Å². The Hall–Kier alpha value is -2.43. The van der Waals surface area contributed by atoms with Crippen LogP contribution in [0.5, 0.6) is 0 Å². The molecule has 162 valence electrons. The zero-order valence-electron chi connectivity index (χ0n) is 16.9. The summed E-state index contributed by atoms with van der Waals surface area (Å²) in [4.78, 5) is 12.8. The summed E-state index contributed by atoms with van der Waals surface area (Å²) >= 11 is 0. The number of sulfonamides is 2. The first-order valence-electron chi connectivity index (χ1n) is 9.71. The van der Waals surface area contributed by atoms with Gasteiger partial charge in [0.2, 0.25) is 20.0 Å². The molecule has 2 aromatic rings. The van der Waals surface area contributed by atoms with Crippen molar-refractivity contribution in [2.75, 3.05) is 35.0 Å². The van der Waals surface area contributed by atoms with Gasteiger partial charge in [0.15, 0.2) is 0 Å². The van der Waals surface area contributed by atoms with E-state index in [4.69, 9.17) is 0 Å². The van der Waals surface area contributed by atoms with Crippen molar-refractivity contribution in [1.82, 2.24) is 4.31 Å². The highest BCUT2D eigenvalue weighted by Gasteiger charge is 2.28. The smallest absolute Gasteiger partial charge is 0.255 e. The van der Waals surface area contributed by atoms with Crippen LogP contribution in [0.15, 0.2) is 53.4 Å². The third-order valence-corrected chi connectivity index (χ3v) is 8.88. The molecule has 0 spiro atoms. The lowest BCUT2D eigenvalue weighted by Crippen LogP contribution is -2.30. The monoisotopic (exact) mass is 451 g/mol. The van der Waals surface area contributed by atoms with Gasteiger partial charge in [0.05, 0.1) is 16.3 Å². The number of hydrogen-bond acceptors (Lipinski definition) is 5. The van der Waals surface area contributed by atoms with Crippen LogP contribution in [0.2, 0.25) is 0 Å². The number of carbonyl (C=O) groups excluding carboxylic acids is 1. The fraction of sp³-hybridized carbons (Fsp3) is 0.350. The van der Waals surface area contributed by atoms with Gasteiger partial charge in [0.1, 0.15) is 0 Å². The van der Waals surface area contributed by atoms with Crippen molar-refractivity contribution in [2.45, 2.75) is 25.2 Å². The third kappa shape index (κ3) is 4.50. The molecule has 30 heavy (non-hydrogen) atoms. The van der Waals surface area contributed by atoms with Crippen molar-refractivity contribution in [3.8, 4) is 0 Å². The zero-order chi connectivity index (χ0) is 21.9. The Labute approximate surface area is 177 Å². The number of rotatable bonds is 7. The first kappa shape index (κ1) is 22.3. The van der Waals surface area contributed by atoms with Crippen molar-refractivity contribution in [3.05, 3.63) is 54.1 Å². The van der Waals surface area contributed by atoms with Gasteiger partial charge in [-0.1, -0.05) is 19.9 Å². The lowest BCUT2D eigenvalue weighted by Gasteiger charge is -2.18. The molecule has 0 bridgehead atoms. The Morgan fingerprint density at radius 2 is 1.77 bits per heavy atom. The highest BCUT2D eigenvalue weighted by molar-refractivity contribution is 7.93. The van der Waals surface area contributed by atoms with E-state index in [0.29, 0.717) is 43.0 Å². The van der Waals surface area contributed by atoms with E-state index < -0.39 is 26.0 Å². The van der Waals surface area contributed by atoms with Gasteiger partial charge in [0, 0.05) is 30.9 Å². The zero-order valence-corrected chi connectivity index (χ0v) is 18.5. The van der Waals surface area contributed by atoms with Crippen molar-refractivity contribution in [3.63, 3.8) is 0 Å².